The van der Waals surface area contributed by atoms with E-state index < -0.39 is 0 Å². The molecule has 0 aliphatic carbocycles. The van der Waals surface area contributed by atoms with Crippen molar-refractivity contribution in [2.24, 2.45) is 17.8 Å². The minimum atomic E-state index is 0.0502. The second kappa shape index (κ2) is 9.86. The number of hydrogen-bond acceptors (Lipinski definition) is 2. The van der Waals surface area contributed by atoms with E-state index in [2.05, 4.69) is 19.2 Å². The Morgan fingerprint density at radius 2 is 1.82 bits per heavy atom. The first kappa shape index (κ1) is 19.0. The van der Waals surface area contributed by atoms with E-state index in [4.69, 9.17) is 0 Å². The van der Waals surface area contributed by atoms with E-state index in [1.54, 1.807) is 0 Å². The summed E-state index contributed by atoms with van der Waals surface area (Å²) in [5, 5.41) is 3.14. The lowest BCUT2D eigenvalue weighted by Crippen LogP contribution is -2.44. The van der Waals surface area contributed by atoms with Crippen LogP contribution in [0.5, 0.6) is 0 Å². The second-order valence-corrected chi connectivity index (χ2v) is 6.92. The highest BCUT2D eigenvalue weighted by molar-refractivity contribution is 5.80. The number of amides is 2. The summed E-state index contributed by atoms with van der Waals surface area (Å²) in [4.78, 5) is 26.1. The lowest BCUT2D eigenvalue weighted by molar-refractivity contribution is -0.138. The predicted molar refractivity (Wildman–Crippen MR) is 90.5 cm³/mol. The standard InChI is InChI=1S/C18H34N2O2/c1-5-7-8-15(6-2)13-19-17(21)16-9-11-20(12-10-16)18(22)14(3)4/h14-16H,5-13H2,1-4H3,(H,19,21). The quantitative estimate of drug-likeness (QED) is 0.748. The van der Waals surface area contributed by atoms with E-state index in [-0.39, 0.29) is 23.7 Å². The van der Waals surface area contributed by atoms with Crippen molar-refractivity contribution in [1.82, 2.24) is 10.2 Å². The third kappa shape index (κ3) is 5.98. The largest absolute Gasteiger partial charge is 0.356 e. The van der Waals surface area contributed by atoms with Gasteiger partial charge in [0.1, 0.15) is 0 Å². The van der Waals surface area contributed by atoms with E-state index in [0.29, 0.717) is 5.92 Å². The zero-order chi connectivity index (χ0) is 16.5. The molecular weight excluding hydrogens is 276 g/mol. The summed E-state index contributed by atoms with van der Waals surface area (Å²) in [7, 11) is 0. The highest BCUT2D eigenvalue weighted by Gasteiger charge is 2.28. The fourth-order valence-corrected chi connectivity index (χ4v) is 3.06. The van der Waals surface area contributed by atoms with Crippen LogP contribution in [0.25, 0.3) is 0 Å². The monoisotopic (exact) mass is 310 g/mol. The first-order valence-corrected chi connectivity index (χ1v) is 9.06. The smallest absolute Gasteiger partial charge is 0.225 e. The number of piperidine rings is 1. The molecule has 1 rings (SSSR count). The molecule has 1 saturated heterocycles. The molecular formula is C18H34N2O2. The van der Waals surface area contributed by atoms with Crippen molar-refractivity contribution < 1.29 is 9.59 Å². The normalized spacial score (nSPS) is 17.6. The fraction of sp³-hybridized carbons (Fsp3) is 0.889. The van der Waals surface area contributed by atoms with Crippen LogP contribution in [0.1, 0.15) is 66.2 Å². The van der Waals surface area contributed by atoms with Crippen LogP contribution in [-0.2, 0) is 9.59 Å². The third-order valence-electron chi connectivity index (χ3n) is 4.78. The van der Waals surface area contributed by atoms with Gasteiger partial charge in [0, 0.05) is 31.5 Å². The van der Waals surface area contributed by atoms with Crippen LogP contribution in [0, 0.1) is 17.8 Å². The zero-order valence-electron chi connectivity index (χ0n) is 14.9. The minimum absolute atomic E-state index is 0.0502. The highest BCUT2D eigenvalue weighted by atomic mass is 16.2. The Morgan fingerprint density at radius 1 is 1.18 bits per heavy atom. The van der Waals surface area contributed by atoms with Crippen LogP contribution in [0.3, 0.4) is 0 Å². The second-order valence-electron chi connectivity index (χ2n) is 6.92. The van der Waals surface area contributed by atoms with Crippen molar-refractivity contribution >= 4 is 11.8 Å². The lowest BCUT2D eigenvalue weighted by atomic mass is 9.94. The Bertz CT molecular complexity index is 347. The van der Waals surface area contributed by atoms with Crippen molar-refractivity contribution in [2.45, 2.75) is 66.2 Å². The van der Waals surface area contributed by atoms with Crippen LogP contribution in [0.15, 0.2) is 0 Å². The predicted octanol–water partition coefficient (Wildman–Crippen LogP) is 3.21. The maximum atomic E-state index is 12.3. The Labute approximate surface area is 136 Å². The van der Waals surface area contributed by atoms with Crippen LogP contribution in [0.4, 0.5) is 0 Å². The van der Waals surface area contributed by atoms with Crippen LogP contribution < -0.4 is 5.32 Å². The maximum Gasteiger partial charge on any atom is 0.225 e. The Morgan fingerprint density at radius 3 is 2.32 bits per heavy atom. The number of carbonyl (C=O) groups excluding carboxylic acids is 2. The molecule has 0 aromatic rings. The van der Waals surface area contributed by atoms with E-state index in [0.717, 1.165) is 38.9 Å². The van der Waals surface area contributed by atoms with Gasteiger partial charge in [-0.05, 0) is 25.2 Å². The van der Waals surface area contributed by atoms with Gasteiger partial charge >= 0.3 is 0 Å². The molecule has 2 amide bonds. The zero-order valence-corrected chi connectivity index (χ0v) is 14.9. The highest BCUT2D eigenvalue weighted by Crippen LogP contribution is 2.19. The molecule has 0 spiro atoms. The van der Waals surface area contributed by atoms with Gasteiger partial charge in [-0.15, -0.1) is 0 Å². The molecule has 4 heteroatoms. The summed E-state index contributed by atoms with van der Waals surface area (Å²) in [6, 6.07) is 0. The summed E-state index contributed by atoms with van der Waals surface area (Å²) >= 11 is 0. The Balaban J connectivity index is 2.31. The maximum absolute atomic E-state index is 12.3. The first-order chi connectivity index (χ1) is 10.5. The molecule has 0 bridgehead atoms. The molecule has 1 N–H and O–H groups in total. The van der Waals surface area contributed by atoms with Gasteiger partial charge in [-0.3, -0.25) is 9.59 Å². The molecule has 0 saturated carbocycles. The minimum Gasteiger partial charge on any atom is -0.356 e. The van der Waals surface area contributed by atoms with Gasteiger partial charge in [0.15, 0.2) is 0 Å². The molecule has 1 heterocycles. The van der Waals surface area contributed by atoms with Crippen LogP contribution in [0.2, 0.25) is 0 Å². The summed E-state index contributed by atoms with van der Waals surface area (Å²) in [6.45, 7) is 10.5. The first-order valence-electron chi connectivity index (χ1n) is 9.06. The summed E-state index contributed by atoms with van der Waals surface area (Å²) in [5.41, 5.74) is 0. The molecule has 0 aromatic carbocycles. The van der Waals surface area contributed by atoms with Crippen molar-refractivity contribution in [1.29, 1.82) is 0 Å². The molecule has 1 aliphatic rings. The number of carbonyl (C=O) groups is 2. The van der Waals surface area contributed by atoms with Crippen LogP contribution >= 0.6 is 0 Å². The molecule has 0 aromatic heterocycles. The summed E-state index contributed by atoms with van der Waals surface area (Å²) < 4.78 is 0. The van der Waals surface area contributed by atoms with Gasteiger partial charge in [0.05, 0.1) is 0 Å². The number of nitrogens with one attached hydrogen (secondary N) is 1. The van der Waals surface area contributed by atoms with Gasteiger partial charge in [-0.1, -0.05) is 47.0 Å². The van der Waals surface area contributed by atoms with E-state index in [1.165, 1.54) is 19.3 Å². The number of hydrogen-bond donors (Lipinski definition) is 1. The molecule has 1 aliphatic heterocycles. The average Bonchev–Trinajstić information content (AvgIpc) is 2.54. The van der Waals surface area contributed by atoms with E-state index in [9.17, 15) is 9.59 Å². The van der Waals surface area contributed by atoms with Gasteiger partial charge < -0.3 is 10.2 Å². The van der Waals surface area contributed by atoms with Crippen molar-refractivity contribution in [2.75, 3.05) is 19.6 Å². The number of rotatable bonds is 8. The van der Waals surface area contributed by atoms with Gasteiger partial charge in [-0.25, -0.2) is 0 Å². The number of likely N-dealkylation sites (tertiary alicyclic amines) is 1. The molecule has 1 unspecified atom stereocenters. The van der Waals surface area contributed by atoms with Gasteiger partial charge in [0.2, 0.25) is 11.8 Å². The fourth-order valence-electron chi connectivity index (χ4n) is 3.06. The average molecular weight is 310 g/mol. The van der Waals surface area contributed by atoms with Crippen LogP contribution in [-0.4, -0.2) is 36.3 Å². The van der Waals surface area contributed by atoms with E-state index >= 15 is 0 Å². The molecule has 128 valence electrons. The molecule has 4 nitrogen and oxygen atoms in total. The Hall–Kier alpha value is -1.06. The summed E-state index contributed by atoms with van der Waals surface area (Å²) in [5.74, 6) is 1.14. The van der Waals surface area contributed by atoms with Gasteiger partial charge in [-0.2, -0.15) is 0 Å². The van der Waals surface area contributed by atoms with Crippen molar-refractivity contribution in [3.05, 3.63) is 0 Å². The topological polar surface area (TPSA) is 49.4 Å². The third-order valence-corrected chi connectivity index (χ3v) is 4.78. The number of nitrogens with zero attached hydrogens (tertiary/aromatic N) is 1. The lowest BCUT2D eigenvalue weighted by Gasteiger charge is -2.32. The SMILES string of the molecule is CCCCC(CC)CNC(=O)C1CCN(C(=O)C(C)C)CC1. The molecule has 22 heavy (non-hydrogen) atoms. The number of unbranched alkanes of at least 4 members (excludes halogenated alkanes) is 1. The molecule has 1 fully saturated rings. The van der Waals surface area contributed by atoms with Crippen molar-refractivity contribution in [3.8, 4) is 0 Å². The molecule has 1 atom stereocenters. The molecule has 0 radical (unpaired) electrons. The Kier molecular flexibility index (Phi) is 8.51. The van der Waals surface area contributed by atoms with Crippen molar-refractivity contribution in [3.63, 3.8) is 0 Å². The van der Waals surface area contributed by atoms with Gasteiger partial charge in [0.25, 0.3) is 0 Å². The summed E-state index contributed by atoms with van der Waals surface area (Å²) in [6.07, 6.45) is 6.39. The van der Waals surface area contributed by atoms with E-state index in [1.807, 2.05) is 18.7 Å².